The summed E-state index contributed by atoms with van der Waals surface area (Å²) in [7, 11) is -1.45. The van der Waals surface area contributed by atoms with Crippen LogP contribution in [0.3, 0.4) is 0 Å². The Morgan fingerprint density at radius 3 is 2.00 bits per heavy atom. The van der Waals surface area contributed by atoms with Crippen LogP contribution >= 0.6 is 0 Å². The number of aryl methyl sites for hydroxylation is 1. The van der Waals surface area contributed by atoms with Crippen molar-refractivity contribution in [3.63, 3.8) is 0 Å². The third-order valence-electron chi connectivity index (χ3n) is 3.90. The van der Waals surface area contributed by atoms with Crippen molar-refractivity contribution < 1.29 is 5.11 Å². The molecule has 1 unspecified atom stereocenters. The third kappa shape index (κ3) is 3.73. The van der Waals surface area contributed by atoms with E-state index in [1.165, 1.54) is 23.7 Å². The van der Waals surface area contributed by atoms with Crippen LogP contribution in [0.1, 0.15) is 38.0 Å². The molecule has 2 heteroatoms. The summed E-state index contributed by atoms with van der Waals surface area (Å²) in [5.74, 6) is 3.08. The Balaban J connectivity index is 2.87. The van der Waals surface area contributed by atoms with Crippen molar-refractivity contribution in [1.82, 2.24) is 0 Å². The zero-order valence-electron chi connectivity index (χ0n) is 12.0. The lowest BCUT2D eigenvalue weighted by atomic mass is 10.1. The van der Waals surface area contributed by atoms with Gasteiger partial charge in [-0.05, 0) is 30.6 Å². The summed E-state index contributed by atoms with van der Waals surface area (Å²) in [6, 6.07) is 11.5. The first-order chi connectivity index (χ1) is 8.56. The lowest BCUT2D eigenvalue weighted by Gasteiger charge is -2.20. The van der Waals surface area contributed by atoms with Crippen molar-refractivity contribution in [3.05, 3.63) is 35.4 Å². The molecule has 1 nitrogen and oxygen atoms in total. The summed E-state index contributed by atoms with van der Waals surface area (Å²) in [6.45, 7) is 8.73. The lowest BCUT2D eigenvalue weighted by molar-refractivity contribution is 0.238. The van der Waals surface area contributed by atoms with Gasteiger partial charge in [0.15, 0.2) is 0 Å². The maximum atomic E-state index is 10.1. The average molecular weight is 260 g/mol. The highest BCUT2D eigenvalue weighted by Crippen LogP contribution is 2.20. The van der Waals surface area contributed by atoms with E-state index in [4.69, 9.17) is 0 Å². The molecule has 1 aromatic carbocycles. The van der Waals surface area contributed by atoms with Crippen LogP contribution in [0.15, 0.2) is 24.3 Å². The van der Waals surface area contributed by atoms with Gasteiger partial charge >= 0.3 is 0 Å². The van der Waals surface area contributed by atoms with Crippen LogP contribution in [0.5, 0.6) is 0 Å². The summed E-state index contributed by atoms with van der Waals surface area (Å²) in [5, 5.41) is 10.1. The highest BCUT2D eigenvalue weighted by molar-refractivity contribution is 6.87. The van der Waals surface area contributed by atoms with Gasteiger partial charge in [-0.15, -0.1) is 5.54 Å². The molecule has 0 radical (unpaired) electrons. The minimum atomic E-state index is -1.45. The minimum Gasteiger partial charge on any atom is -0.376 e. The molecule has 1 rings (SSSR count). The second-order valence-corrected chi connectivity index (χ2v) is 9.86. The van der Waals surface area contributed by atoms with E-state index in [0.717, 1.165) is 5.56 Å². The van der Waals surface area contributed by atoms with E-state index < -0.39 is 14.2 Å². The molecule has 1 aromatic rings. The Morgan fingerprint density at radius 1 is 1.06 bits per heavy atom. The molecule has 0 heterocycles. The molecule has 0 aliphatic rings. The molecule has 0 saturated carbocycles. The van der Waals surface area contributed by atoms with Gasteiger partial charge in [0.25, 0.3) is 0 Å². The minimum absolute atomic E-state index is 0.637. The molecule has 1 N–H and O–H groups in total. The van der Waals surface area contributed by atoms with E-state index in [9.17, 15) is 5.11 Å². The van der Waals surface area contributed by atoms with Gasteiger partial charge in [0, 0.05) is 0 Å². The Morgan fingerprint density at radius 2 is 1.56 bits per heavy atom. The molecule has 98 valence electrons. The fraction of sp³-hybridized carbons (Fsp3) is 0.500. The number of aliphatic hydroxyl groups is 1. The van der Waals surface area contributed by atoms with Gasteiger partial charge in [0.1, 0.15) is 14.2 Å². The van der Waals surface area contributed by atoms with E-state index >= 15 is 0 Å². The molecule has 0 amide bonds. The van der Waals surface area contributed by atoms with E-state index in [-0.39, 0.29) is 0 Å². The van der Waals surface area contributed by atoms with Crippen LogP contribution in [0.4, 0.5) is 0 Å². The van der Waals surface area contributed by atoms with Crippen LogP contribution in [0.2, 0.25) is 18.1 Å². The van der Waals surface area contributed by atoms with E-state index in [0.29, 0.717) is 0 Å². The second-order valence-electron chi connectivity index (χ2n) is 4.92. The van der Waals surface area contributed by atoms with Crippen molar-refractivity contribution >= 4 is 8.07 Å². The Kier molecular flexibility index (Phi) is 5.65. The predicted molar refractivity (Wildman–Crippen MR) is 81.1 cm³/mol. The number of hydrogen-bond donors (Lipinski definition) is 1. The van der Waals surface area contributed by atoms with Gasteiger partial charge in [0.05, 0.1) is 0 Å². The molecule has 0 spiro atoms. The van der Waals surface area contributed by atoms with Gasteiger partial charge in [-0.3, -0.25) is 0 Å². The first kappa shape index (κ1) is 15.0. The van der Waals surface area contributed by atoms with E-state index in [1.54, 1.807) is 0 Å². The summed E-state index contributed by atoms with van der Waals surface area (Å²) in [5.41, 5.74) is 5.54. The van der Waals surface area contributed by atoms with E-state index in [2.05, 4.69) is 32.2 Å². The molecule has 0 saturated heterocycles. The van der Waals surface area contributed by atoms with Crippen molar-refractivity contribution in [3.8, 4) is 11.5 Å². The van der Waals surface area contributed by atoms with Crippen molar-refractivity contribution in [2.45, 2.75) is 51.9 Å². The number of aliphatic hydroxyl groups excluding tert-OH is 1. The highest BCUT2D eigenvalue weighted by atomic mass is 28.3. The average Bonchev–Trinajstić information content (AvgIpc) is 2.41. The largest absolute Gasteiger partial charge is 0.376 e. The molecule has 1 atom stereocenters. The topological polar surface area (TPSA) is 20.2 Å². The lowest BCUT2D eigenvalue weighted by Crippen LogP contribution is -2.29. The molecule has 0 fully saturated rings. The third-order valence-corrected chi connectivity index (χ3v) is 8.63. The first-order valence-corrected chi connectivity index (χ1v) is 9.46. The van der Waals surface area contributed by atoms with Gasteiger partial charge in [-0.1, -0.05) is 56.5 Å². The van der Waals surface area contributed by atoms with Crippen LogP contribution in [-0.4, -0.2) is 13.2 Å². The molecular formula is C16H24OSi. The monoisotopic (exact) mass is 260 g/mol. The maximum absolute atomic E-state index is 10.1. The fourth-order valence-corrected chi connectivity index (χ4v) is 4.54. The van der Waals surface area contributed by atoms with Crippen LogP contribution in [0.25, 0.3) is 0 Å². The van der Waals surface area contributed by atoms with Crippen molar-refractivity contribution in [1.29, 1.82) is 0 Å². The van der Waals surface area contributed by atoms with Crippen LogP contribution in [0, 0.1) is 18.4 Å². The Bertz CT molecular complexity index is 412. The van der Waals surface area contributed by atoms with Crippen LogP contribution in [-0.2, 0) is 0 Å². The van der Waals surface area contributed by atoms with Gasteiger partial charge in [-0.25, -0.2) is 0 Å². The summed E-state index contributed by atoms with van der Waals surface area (Å²) in [6.07, 6.45) is -0.637. The van der Waals surface area contributed by atoms with Gasteiger partial charge in [-0.2, -0.15) is 0 Å². The standard InChI is InChI=1S/C16H24OSi/c1-5-18(6-2,7-3)13-12-16(17)15-10-8-14(4)9-11-15/h8-11,16-17H,5-7H2,1-4H3. The second kappa shape index (κ2) is 6.77. The molecular weight excluding hydrogens is 236 g/mol. The summed E-state index contributed by atoms with van der Waals surface area (Å²) in [4.78, 5) is 0. The summed E-state index contributed by atoms with van der Waals surface area (Å²) < 4.78 is 0. The fourth-order valence-electron chi connectivity index (χ4n) is 2.07. The smallest absolute Gasteiger partial charge is 0.139 e. The zero-order chi connectivity index (χ0) is 13.6. The molecule has 0 bridgehead atoms. The van der Waals surface area contributed by atoms with Crippen molar-refractivity contribution in [2.24, 2.45) is 0 Å². The Hall–Kier alpha value is -1.04. The normalized spacial score (nSPS) is 12.7. The molecule has 0 aliphatic carbocycles. The maximum Gasteiger partial charge on any atom is 0.139 e. The predicted octanol–water partition coefficient (Wildman–Crippen LogP) is 4.08. The number of rotatable bonds is 4. The van der Waals surface area contributed by atoms with Crippen LogP contribution < -0.4 is 0 Å². The van der Waals surface area contributed by atoms with Gasteiger partial charge in [0.2, 0.25) is 0 Å². The first-order valence-electron chi connectivity index (χ1n) is 6.84. The number of benzene rings is 1. The van der Waals surface area contributed by atoms with Gasteiger partial charge < -0.3 is 5.11 Å². The Labute approximate surface area is 112 Å². The summed E-state index contributed by atoms with van der Waals surface area (Å²) >= 11 is 0. The SMILES string of the molecule is CC[Si](C#CC(O)c1ccc(C)cc1)(CC)CC. The zero-order valence-corrected chi connectivity index (χ0v) is 13.0. The highest BCUT2D eigenvalue weighted by Gasteiger charge is 2.24. The quantitative estimate of drug-likeness (QED) is 0.639. The number of hydrogen-bond acceptors (Lipinski definition) is 1. The van der Waals surface area contributed by atoms with E-state index in [1.807, 2.05) is 31.2 Å². The molecule has 0 aliphatic heterocycles. The molecule has 18 heavy (non-hydrogen) atoms. The van der Waals surface area contributed by atoms with Crippen molar-refractivity contribution in [2.75, 3.05) is 0 Å². The molecule has 0 aromatic heterocycles.